The Bertz CT molecular complexity index is 483. The van der Waals surface area contributed by atoms with Crippen LogP contribution in [-0.4, -0.2) is 66.8 Å². The molecule has 116 valence electrons. The highest BCUT2D eigenvalue weighted by Crippen LogP contribution is 2.33. The van der Waals surface area contributed by atoms with Gasteiger partial charge in [-0.1, -0.05) is 0 Å². The molecule has 0 aliphatic carbocycles. The number of thiophene rings is 1. The fraction of sp³-hybridized carbons (Fsp3) is 0.667. The van der Waals surface area contributed by atoms with Gasteiger partial charge < -0.3 is 14.7 Å². The highest BCUT2D eigenvalue weighted by atomic mass is 32.1. The molecule has 2 aliphatic heterocycles. The van der Waals surface area contributed by atoms with E-state index in [9.17, 15) is 4.79 Å². The predicted octanol–water partition coefficient (Wildman–Crippen LogP) is 0.889. The van der Waals surface area contributed by atoms with Crippen molar-refractivity contribution in [2.24, 2.45) is 0 Å². The number of hydrogen-bond acceptors (Lipinski definition) is 5. The first kappa shape index (κ1) is 15.0. The second-order valence-corrected chi connectivity index (χ2v) is 6.56. The van der Waals surface area contributed by atoms with Crippen LogP contribution in [0.5, 0.6) is 0 Å². The van der Waals surface area contributed by atoms with Gasteiger partial charge in [0.05, 0.1) is 25.7 Å². The van der Waals surface area contributed by atoms with Gasteiger partial charge in [0, 0.05) is 44.0 Å². The number of rotatable bonds is 4. The number of hydrogen-bond donors (Lipinski definition) is 1. The summed E-state index contributed by atoms with van der Waals surface area (Å²) in [6, 6.07) is 2.09. The average Bonchev–Trinajstić information content (AvgIpc) is 2.98. The van der Waals surface area contributed by atoms with Crippen molar-refractivity contribution in [3.05, 3.63) is 21.9 Å². The van der Waals surface area contributed by atoms with Crippen LogP contribution in [-0.2, 0) is 16.0 Å². The van der Waals surface area contributed by atoms with Crippen LogP contribution in [0.3, 0.4) is 0 Å². The first-order valence-electron chi connectivity index (χ1n) is 7.57. The summed E-state index contributed by atoms with van der Waals surface area (Å²) in [5.74, 6) is 0.183. The Kier molecular flexibility index (Phi) is 4.90. The van der Waals surface area contributed by atoms with E-state index in [0.717, 1.165) is 39.2 Å². The van der Waals surface area contributed by atoms with Crippen LogP contribution in [0.15, 0.2) is 11.4 Å². The molecule has 1 fully saturated rings. The molecule has 2 aliphatic rings. The number of carbonyl (C=O) groups excluding carboxylic acids is 1. The van der Waals surface area contributed by atoms with Gasteiger partial charge in [0.15, 0.2) is 0 Å². The van der Waals surface area contributed by atoms with Crippen molar-refractivity contribution in [1.82, 2.24) is 9.80 Å². The van der Waals surface area contributed by atoms with E-state index in [1.54, 1.807) is 11.3 Å². The van der Waals surface area contributed by atoms with Crippen LogP contribution in [0.2, 0.25) is 0 Å². The molecule has 3 rings (SSSR count). The lowest BCUT2D eigenvalue weighted by Gasteiger charge is -2.35. The zero-order chi connectivity index (χ0) is 14.7. The summed E-state index contributed by atoms with van der Waals surface area (Å²) in [4.78, 5) is 17.9. The molecule has 0 radical (unpaired) electrons. The maximum absolute atomic E-state index is 12.4. The SMILES string of the molecule is O=C(C[C@H]1OCCc2sccc21)N1CCN(CCO)CC1. The molecule has 1 aromatic heterocycles. The zero-order valence-corrected chi connectivity index (χ0v) is 13.0. The third-order valence-electron chi connectivity index (χ3n) is 4.28. The molecular weight excluding hydrogens is 288 g/mol. The number of carbonyl (C=O) groups is 1. The molecular formula is C15H22N2O3S. The zero-order valence-electron chi connectivity index (χ0n) is 12.2. The van der Waals surface area contributed by atoms with E-state index >= 15 is 0 Å². The van der Waals surface area contributed by atoms with Crippen LogP contribution in [0.1, 0.15) is 23.0 Å². The molecule has 0 saturated carbocycles. The molecule has 0 unspecified atom stereocenters. The number of β-amino-alcohol motifs (C(OH)–C–C–N with tert-alkyl or cyclic N) is 1. The molecule has 3 heterocycles. The third-order valence-corrected chi connectivity index (χ3v) is 5.27. The van der Waals surface area contributed by atoms with E-state index in [1.165, 1.54) is 10.4 Å². The largest absolute Gasteiger partial charge is 0.395 e. The summed E-state index contributed by atoms with van der Waals surface area (Å²) >= 11 is 1.76. The van der Waals surface area contributed by atoms with Gasteiger partial charge in [0.2, 0.25) is 5.91 Å². The minimum absolute atomic E-state index is 0.0667. The molecule has 0 spiro atoms. The van der Waals surface area contributed by atoms with E-state index in [2.05, 4.69) is 16.3 Å². The molecule has 0 aromatic carbocycles. The predicted molar refractivity (Wildman–Crippen MR) is 81.4 cm³/mol. The number of piperazine rings is 1. The van der Waals surface area contributed by atoms with Crippen molar-refractivity contribution in [2.45, 2.75) is 18.9 Å². The Hall–Kier alpha value is -0.950. The lowest BCUT2D eigenvalue weighted by atomic mass is 10.0. The highest BCUT2D eigenvalue weighted by Gasteiger charge is 2.28. The Balaban J connectivity index is 1.54. The van der Waals surface area contributed by atoms with E-state index in [-0.39, 0.29) is 18.6 Å². The fourth-order valence-corrected chi connectivity index (χ4v) is 3.96. The molecule has 0 bridgehead atoms. The lowest BCUT2D eigenvalue weighted by molar-refractivity contribution is -0.136. The maximum Gasteiger partial charge on any atom is 0.225 e. The average molecular weight is 310 g/mol. The minimum Gasteiger partial charge on any atom is -0.395 e. The van der Waals surface area contributed by atoms with E-state index in [0.29, 0.717) is 13.0 Å². The Labute approximate surface area is 129 Å². The standard InChI is InChI=1S/C15H22N2O3S/c18-8-7-16-3-5-17(6-4-16)15(19)11-13-12-2-10-21-14(12)1-9-20-13/h2,10,13,18H,1,3-9,11H2/t13-/m1/s1. The normalized spacial score (nSPS) is 23.1. The topological polar surface area (TPSA) is 53.0 Å². The summed E-state index contributed by atoms with van der Waals surface area (Å²) in [6.07, 6.45) is 1.35. The van der Waals surface area contributed by atoms with Gasteiger partial charge in [-0.05, 0) is 17.0 Å². The molecule has 1 atom stereocenters. The van der Waals surface area contributed by atoms with Gasteiger partial charge in [-0.25, -0.2) is 0 Å². The Morgan fingerprint density at radius 3 is 2.95 bits per heavy atom. The lowest BCUT2D eigenvalue weighted by Crippen LogP contribution is -2.49. The second kappa shape index (κ2) is 6.87. The minimum atomic E-state index is -0.0667. The molecule has 5 nitrogen and oxygen atoms in total. The summed E-state index contributed by atoms with van der Waals surface area (Å²) in [6.45, 7) is 4.81. The number of amides is 1. The monoisotopic (exact) mass is 310 g/mol. The van der Waals surface area contributed by atoms with Gasteiger partial charge in [-0.2, -0.15) is 0 Å². The quantitative estimate of drug-likeness (QED) is 0.897. The summed E-state index contributed by atoms with van der Waals surface area (Å²) in [5.41, 5.74) is 1.21. The number of nitrogens with zero attached hydrogens (tertiary/aromatic N) is 2. The van der Waals surface area contributed by atoms with Crippen molar-refractivity contribution in [1.29, 1.82) is 0 Å². The fourth-order valence-electron chi connectivity index (χ4n) is 3.04. The first-order valence-corrected chi connectivity index (χ1v) is 8.44. The van der Waals surface area contributed by atoms with Crippen LogP contribution in [0, 0.1) is 0 Å². The van der Waals surface area contributed by atoms with Gasteiger partial charge >= 0.3 is 0 Å². The van der Waals surface area contributed by atoms with Gasteiger partial charge in [-0.3, -0.25) is 9.69 Å². The smallest absolute Gasteiger partial charge is 0.225 e. The Morgan fingerprint density at radius 2 is 2.19 bits per heavy atom. The molecule has 1 saturated heterocycles. The Morgan fingerprint density at radius 1 is 1.38 bits per heavy atom. The third kappa shape index (κ3) is 3.45. The summed E-state index contributed by atoms with van der Waals surface area (Å²) in [7, 11) is 0. The van der Waals surface area contributed by atoms with Gasteiger partial charge in [0.1, 0.15) is 0 Å². The molecule has 1 aromatic rings. The van der Waals surface area contributed by atoms with Gasteiger partial charge in [-0.15, -0.1) is 11.3 Å². The second-order valence-electron chi connectivity index (χ2n) is 5.56. The van der Waals surface area contributed by atoms with E-state index in [1.807, 2.05) is 4.90 Å². The number of fused-ring (bicyclic) bond motifs is 1. The van der Waals surface area contributed by atoms with E-state index in [4.69, 9.17) is 9.84 Å². The first-order chi connectivity index (χ1) is 10.3. The van der Waals surface area contributed by atoms with Crippen molar-refractivity contribution in [3.63, 3.8) is 0 Å². The van der Waals surface area contributed by atoms with Crippen LogP contribution < -0.4 is 0 Å². The summed E-state index contributed by atoms with van der Waals surface area (Å²) in [5, 5.41) is 11.0. The van der Waals surface area contributed by atoms with Crippen molar-refractivity contribution in [2.75, 3.05) is 45.9 Å². The van der Waals surface area contributed by atoms with Gasteiger partial charge in [0.25, 0.3) is 0 Å². The molecule has 6 heteroatoms. The molecule has 1 amide bonds. The van der Waals surface area contributed by atoms with Crippen molar-refractivity contribution in [3.8, 4) is 0 Å². The number of ether oxygens (including phenoxy) is 1. The van der Waals surface area contributed by atoms with Crippen molar-refractivity contribution >= 4 is 17.2 Å². The number of aliphatic hydroxyl groups excluding tert-OH is 1. The molecule has 1 N–H and O–H groups in total. The van der Waals surface area contributed by atoms with Crippen LogP contribution >= 0.6 is 11.3 Å². The summed E-state index contributed by atoms with van der Waals surface area (Å²) < 4.78 is 5.80. The van der Waals surface area contributed by atoms with Crippen LogP contribution in [0.4, 0.5) is 0 Å². The molecule has 21 heavy (non-hydrogen) atoms. The maximum atomic E-state index is 12.4. The highest BCUT2D eigenvalue weighted by molar-refractivity contribution is 7.10. The van der Waals surface area contributed by atoms with Crippen molar-refractivity contribution < 1.29 is 14.6 Å². The van der Waals surface area contributed by atoms with E-state index < -0.39 is 0 Å². The number of aliphatic hydroxyl groups is 1. The van der Waals surface area contributed by atoms with Crippen LogP contribution in [0.25, 0.3) is 0 Å².